The highest BCUT2D eigenvalue weighted by atomic mass is 16.1. The third-order valence-corrected chi connectivity index (χ3v) is 3.14. The van der Waals surface area contributed by atoms with Crippen LogP contribution in [0, 0.1) is 26.2 Å². The Balaban J connectivity index is 2.28. The van der Waals surface area contributed by atoms with Crippen molar-refractivity contribution in [3.63, 3.8) is 0 Å². The Morgan fingerprint density at radius 1 is 1.20 bits per heavy atom. The summed E-state index contributed by atoms with van der Waals surface area (Å²) in [6.45, 7) is 3.81. The van der Waals surface area contributed by atoms with Gasteiger partial charge in [0.05, 0.1) is 0 Å². The van der Waals surface area contributed by atoms with Crippen LogP contribution in [0.4, 0.5) is 11.4 Å². The molecular weight excluding hydrogens is 248 g/mol. The van der Waals surface area contributed by atoms with Crippen molar-refractivity contribution in [3.05, 3.63) is 58.7 Å². The molecule has 0 aliphatic heterocycles. The van der Waals surface area contributed by atoms with E-state index in [1.54, 1.807) is 24.3 Å². The van der Waals surface area contributed by atoms with E-state index in [2.05, 4.69) is 11.2 Å². The first-order chi connectivity index (χ1) is 9.51. The standard InChI is InChI=1S/C17H16N2O/c1-4-13-6-5-7-14(9-13)19-17(20)15-10-16(18)12(3)8-11(15)2/h1,5-10H,18H2,2-3H3,(H,19,20). The van der Waals surface area contributed by atoms with Gasteiger partial charge in [0.25, 0.3) is 5.91 Å². The van der Waals surface area contributed by atoms with E-state index in [1.807, 2.05) is 26.0 Å². The third kappa shape index (κ3) is 2.81. The lowest BCUT2D eigenvalue weighted by Gasteiger charge is -2.10. The Kier molecular flexibility index (Phi) is 3.76. The molecule has 1 amide bonds. The van der Waals surface area contributed by atoms with Crippen molar-refractivity contribution in [1.82, 2.24) is 0 Å². The molecule has 0 saturated heterocycles. The van der Waals surface area contributed by atoms with Crippen LogP contribution in [0.25, 0.3) is 0 Å². The summed E-state index contributed by atoms with van der Waals surface area (Å²) < 4.78 is 0. The van der Waals surface area contributed by atoms with Crippen LogP contribution in [0.1, 0.15) is 27.0 Å². The number of hydrogen-bond acceptors (Lipinski definition) is 2. The van der Waals surface area contributed by atoms with Gasteiger partial charge >= 0.3 is 0 Å². The first-order valence-corrected chi connectivity index (χ1v) is 6.26. The molecule has 0 spiro atoms. The van der Waals surface area contributed by atoms with Gasteiger partial charge in [0.2, 0.25) is 0 Å². The fourth-order valence-corrected chi connectivity index (χ4v) is 2.00. The highest BCUT2D eigenvalue weighted by Crippen LogP contribution is 2.19. The summed E-state index contributed by atoms with van der Waals surface area (Å²) >= 11 is 0. The smallest absolute Gasteiger partial charge is 0.256 e. The van der Waals surface area contributed by atoms with Gasteiger partial charge in [-0.05, 0) is 49.2 Å². The number of rotatable bonds is 2. The van der Waals surface area contributed by atoms with E-state index in [0.717, 1.165) is 16.7 Å². The van der Waals surface area contributed by atoms with Crippen LogP contribution in [0.5, 0.6) is 0 Å². The van der Waals surface area contributed by atoms with Crippen molar-refractivity contribution in [2.45, 2.75) is 13.8 Å². The summed E-state index contributed by atoms with van der Waals surface area (Å²) in [6.07, 6.45) is 5.34. The number of nitrogen functional groups attached to an aromatic ring is 1. The highest BCUT2D eigenvalue weighted by Gasteiger charge is 2.11. The summed E-state index contributed by atoms with van der Waals surface area (Å²) in [5, 5.41) is 2.83. The Morgan fingerprint density at radius 3 is 2.65 bits per heavy atom. The fraction of sp³-hybridized carbons (Fsp3) is 0.118. The quantitative estimate of drug-likeness (QED) is 0.647. The van der Waals surface area contributed by atoms with Crippen molar-refractivity contribution >= 4 is 17.3 Å². The van der Waals surface area contributed by atoms with Crippen molar-refractivity contribution in [2.75, 3.05) is 11.1 Å². The minimum Gasteiger partial charge on any atom is -0.398 e. The number of nitrogens with two attached hydrogens (primary N) is 1. The van der Waals surface area contributed by atoms with Crippen LogP contribution in [-0.4, -0.2) is 5.91 Å². The second-order valence-corrected chi connectivity index (χ2v) is 4.70. The largest absolute Gasteiger partial charge is 0.398 e. The van der Waals surface area contributed by atoms with Crippen LogP contribution < -0.4 is 11.1 Å². The molecule has 0 saturated carbocycles. The molecule has 0 heterocycles. The van der Waals surface area contributed by atoms with Crippen LogP contribution in [-0.2, 0) is 0 Å². The second-order valence-electron chi connectivity index (χ2n) is 4.70. The molecule has 0 aliphatic carbocycles. The molecule has 0 aliphatic rings. The number of carbonyl (C=O) groups excluding carboxylic acids is 1. The van der Waals surface area contributed by atoms with Gasteiger partial charge in [0, 0.05) is 22.5 Å². The molecule has 0 aromatic heterocycles. The second kappa shape index (κ2) is 5.50. The van der Waals surface area contributed by atoms with Crippen molar-refractivity contribution in [1.29, 1.82) is 0 Å². The number of carbonyl (C=O) groups is 1. The van der Waals surface area contributed by atoms with E-state index in [0.29, 0.717) is 16.9 Å². The van der Waals surface area contributed by atoms with Gasteiger partial charge < -0.3 is 11.1 Å². The minimum absolute atomic E-state index is 0.191. The SMILES string of the molecule is C#Cc1cccc(NC(=O)c2cc(N)c(C)cc2C)c1. The molecule has 2 aromatic rings. The lowest BCUT2D eigenvalue weighted by atomic mass is 10.0. The Hall–Kier alpha value is -2.73. The van der Waals surface area contributed by atoms with E-state index in [4.69, 9.17) is 12.2 Å². The average molecular weight is 264 g/mol. The summed E-state index contributed by atoms with van der Waals surface area (Å²) in [7, 11) is 0. The van der Waals surface area contributed by atoms with Gasteiger partial charge in [-0.3, -0.25) is 4.79 Å². The Morgan fingerprint density at radius 2 is 1.95 bits per heavy atom. The summed E-state index contributed by atoms with van der Waals surface area (Å²) in [5.41, 5.74) is 10.3. The number of hydrogen-bond donors (Lipinski definition) is 2. The predicted octanol–water partition coefficient (Wildman–Crippen LogP) is 3.12. The fourth-order valence-electron chi connectivity index (χ4n) is 2.00. The minimum atomic E-state index is -0.191. The van der Waals surface area contributed by atoms with E-state index < -0.39 is 0 Å². The van der Waals surface area contributed by atoms with E-state index in [9.17, 15) is 4.79 Å². The summed E-state index contributed by atoms with van der Waals surface area (Å²) in [4.78, 5) is 12.3. The molecular formula is C17H16N2O. The molecule has 3 nitrogen and oxygen atoms in total. The summed E-state index contributed by atoms with van der Waals surface area (Å²) in [6, 6.07) is 10.8. The van der Waals surface area contributed by atoms with E-state index in [1.165, 1.54) is 0 Å². The van der Waals surface area contributed by atoms with E-state index >= 15 is 0 Å². The molecule has 0 atom stereocenters. The molecule has 20 heavy (non-hydrogen) atoms. The van der Waals surface area contributed by atoms with Crippen molar-refractivity contribution < 1.29 is 4.79 Å². The molecule has 0 unspecified atom stereocenters. The number of anilines is 2. The first-order valence-electron chi connectivity index (χ1n) is 6.26. The van der Waals surface area contributed by atoms with Crippen molar-refractivity contribution in [2.24, 2.45) is 0 Å². The number of benzene rings is 2. The zero-order chi connectivity index (χ0) is 14.7. The molecule has 0 bridgehead atoms. The van der Waals surface area contributed by atoms with Gasteiger partial charge in [0.15, 0.2) is 0 Å². The summed E-state index contributed by atoms with van der Waals surface area (Å²) in [5.74, 6) is 2.35. The van der Waals surface area contributed by atoms with E-state index in [-0.39, 0.29) is 5.91 Å². The van der Waals surface area contributed by atoms with Crippen molar-refractivity contribution in [3.8, 4) is 12.3 Å². The van der Waals surface area contributed by atoms with Gasteiger partial charge in [-0.2, -0.15) is 0 Å². The lowest BCUT2D eigenvalue weighted by molar-refractivity contribution is 0.102. The maximum atomic E-state index is 12.3. The molecule has 100 valence electrons. The van der Waals surface area contributed by atoms with Crippen LogP contribution in [0.15, 0.2) is 36.4 Å². The van der Waals surface area contributed by atoms with Crippen LogP contribution in [0.2, 0.25) is 0 Å². The van der Waals surface area contributed by atoms with Gasteiger partial charge in [0.1, 0.15) is 0 Å². The maximum Gasteiger partial charge on any atom is 0.256 e. The number of terminal acetylenes is 1. The maximum absolute atomic E-state index is 12.3. The number of nitrogens with one attached hydrogen (secondary N) is 1. The van der Waals surface area contributed by atoms with Crippen LogP contribution >= 0.6 is 0 Å². The average Bonchev–Trinajstić information content (AvgIpc) is 2.43. The monoisotopic (exact) mass is 264 g/mol. The number of amides is 1. The first kappa shape index (κ1) is 13.7. The van der Waals surface area contributed by atoms with Gasteiger partial charge in [-0.1, -0.05) is 18.1 Å². The number of aryl methyl sites for hydroxylation is 2. The van der Waals surface area contributed by atoms with Gasteiger partial charge in [-0.15, -0.1) is 6.42 Å². The third-order valence-electron chi connectivity index (χ3n) is 3.14. The normalized spacial score (nSPS) is 9.85. The topological polar surface area (TPSA) is 55.1 Å². The molecule has 0 fully saturated rings. The Bertz CT molecular complexity index is 711. The van der Waals surface area contributed by atoms with Crippen LogP contribution in [0.3, 0.4) is 0 Å². The Labute approximate surface area is 118 Å². The highest BCUT2D eigenvalue weighted by molar-refractivity contribution is 6.06. The molecule has 0 radical (unpaired) electrons. The molecule has 2 rings (SSSR count). The predicted molar refractivity (Wildman–Crippen MR) is 82.7 cm³/mol. The van der Waals surface area contributed by atoms with Gasteiger partial charge in [-0.25, -0.2) is 0 Å². The molecule has 2 aromatic carbocycles. The molecule has 3 N–H and O–H groups in total. The lowest BCUT2D eigenvalue weighted by Crippen LogP contribution is -2.14. The zero-order valence-corrected chi connectivity index (χ0v) is 11.5. The zero-order valence-electron chi connectivity index (χ0n) is 11.5. The molecule has 3 heteroatoms.